The zero-order valence-electron chi connectivity index (χ0n) is 31.7. The Morgan fingerprint density at radius 2 is 1.16 bits per heavy atom. The van der Waals surface area contributed by atoms with Crippen LogP contribution in [0.4, 0.5) is 0 Å². The fraction of sp³-hybridized carbons (Fsp3) is 0.0577. The molecule has 0 amide bonds. The van der Waals surface area contributed by atoms with Gasteiger partial charge in [0.05, 0.1) is 32.6 Å². The molecule has 1 aliphatic rings. The Morgan fingerprint density at radius 3 is 2.00 bits per heavy atom. The molecule has 0 fully saturated rings. The molecule has 1 aliphatic carbocycles. The molecular formula is C52H33N5S. The van der Waals surface area contributed by atoms with Gasteiger partial charge in [-0.1, -0.05) is 141 Å². The second kappa shape index (κ2) is 11.5. The third kappa shape index (κ3) is 4.17. The fourth-order valence-corrected chi connectivity index (χ4v) is 11.2. The van der Waals surface area contributed by atoms with Crippen molar-refractivity contribution < 1.29 is 0 Å². The lowest BCUT2D eigenvalue weighted by Crippen LogP contribution is -2.15. The number of fused-ring (bicyclic) bond motifs is 16. The summed E-state index contributed by atoms with van der Waals surface area (Å²) in [6, 6.07) is 59.1. The lowest BCUT2D eigenvalue weighted by atomic mass is 9.82. The zero-order valence-corrected chi connectivity index (χ0v) is 32.5. The van der Waals surface area contributed by atoms with Crippen LogP contribution < -0.4 is 0 Å². The van der Waals surface area contributed by atoms with E-state index in [2.05, 4.69) is 182 Å². The number of nitrogens with zero attached hydrogens (tertiary/aromatic N) is 5. The van der Waals surface area contributed by atoms with Gasteiger partial charge in [-0.25, -0.2) is 4.98 Å². The Hall–Kier alpha value is -7.15. The third-order valence-corrected chi connectivity index (χ3v) is 13.8. The van der Waals surface area contributed by atoms with Gasteiger partial charge in [-0.2, -0.15) is 9.50 Å². The number of thiophene rings is 1. The van der Waals surface area contributed by atoms with Gasteiger partial charge in [-0.05, 0) is 69.4 Å². The van der Waals surface area contributed by atoms with Crippen molar-refractivity contribution in [3.8, 4) is 39.5 Å². The van der Waals surface area contributed by atoms with E-state index in [0.29, 0.717) is 11.6 Å². The van der Waals surface area contributed by atoms with Gasteiger partial charge in [0.2, 0.25) is 0 Å². The first-order valence-corrected chi connectivity index (χ1v) is 20.6. The molecule has 0 aliphatic heterocycles. The van der Waals surface area contributed by atoms with E-state index in [1.807, 2.05) is 15.9 Å². The van der Waals surface area contributed by atoms with E-state index >= 15 is 0 Å². The summed E-state index contributed by atoms with van der Waals surface area (Å²) >= 11 is 1.87. The van der Waals surface area contributed by atoms with Gasteiger partial charge in [-0.3, -0.25) is 0 Å². The van der Waals surface area contributed by atoms with Crippen LogP contribution in [0.25, 0.3) is 109 Å². The molecule has 0 atom stereocenters. The minimum absolute atomic E-state index is 0.117. The standard InChI is InChI=1S/C52H33N5S/c1-52(2)39-22-10-5-15-31(39)32-28-27-30(29-40(32)52)47-36-19-7-13-25-43(36)57-51(53-47)54-50(55-57)37-20-8-12-24-42(37)56-41-23-11-6-18-35(41)45-33-16-3-4-17-34(33)46-38-21-9-14-26-44(38)58-49(46)48(45)56/h3-29H,1-2H3. The molecule has 5 nitrogen and oxygen atoms in total. The van der Waals surface area contributed by atoms with Crippen molar-refractivity contribution in [1.29, 1.82) is 0 Å². The lowest BCUT2D eigenvalue weighted by Gasteiger charge is -2.22. The fourth-order valence-electron chi connectivity index (χ4n) is 9.98. The largest absolute Gasteiger partial charge is 0.307 e. The molecule has 0 radical (unpaired) electrons. The highest BCUT2D eigenvalue weighted by Gasteiger charge is 2.35. The summed E-state index contributed by atoms with van der Waals surface area (Å²) in [6.45, 7) is 4.65. The van der Waals surface area contributed by atoms with Crippen LogP contribution >= 0.6 is 11.3 Å². The van der Waals surface area contributed by atoms with Gasteiger partial charge in [-0.15, -0.1) is 16.4 Å². The van der Waals surface area contributed by atoms with Crippen LogP contribution in [0.15, 0.2) is 164 Å². The Kier molecular flexibility index (Phi) is 6.32. The van der Waals surface area contributed by atoms with E-state index in [-0.39, 0.29) is 5.41 Å². The van der Waals surface area contributed by atoms with Gasteiger partial charge in [0.25, 0.3) is 5.78 Å². The maximum Gasteiger partial charge on any atom is 0.253 e. The minimum atomic E-state index is -0.117. The smallest absolute Gasteiger partial charge is 0.253 e. The van der Waals surface area contributed by atoms with E-state index < -0.39 is 0 Å². The highest BCUT2D eigenvalue weighted by molar-refractivity contribution is 7.27. The van der Waals surface area contributed by atoms with Gasteiger partial charge < -0.3 is 4.57 Å². The number of para-hydroxylation sites is 3. The topological polar surface area (TPSA) is 48.0 Å². The summed E-state index contributed by atoms with van der Waals surface area (Å²) in [4.78, 5) is 10.6. The Bertz CT molecular complexity index is 3730. The van der Waals surface area contributed by atoms with Crippen molar-refractivity contribution in [2.75, 3.05) is 0 Å². The predicted molar refractivity (Wildman–Crippen MR) is 241 cm³/mol. The highest BCUT2D eigenvalue weighted by Crippen LogP contribution is 2.51. The molecule has 58 heavy (non-hydrogen) atoms. The molecule has 0 N–H and O–H groups in total. The van der Waals surface area contributed by atoms with Crippen molar-refractivity contribution in [3.63, 3.8) is 0 Å². The van der Waals surface area contributed by atoms with Gasteiger partial charge in [0, 0.05) is 48.2 Å². The van der Waals surface area contributed by atoms with Gasteiger partial charge in [0.15, 0.2) is 5.82 Å². The summed E-state index contributed by atoms with van der Waals surface area (Å²) in [5.41, 5.74) is 12.5. The third-order valence-electron chi connectivity index (χ3n) is 12.6. The van der Waals surface area contributed by atoms with Crippen LogP contribution in [0, 0.1) is 0 Å². The Labute approximate surface area is 337 Å². The van der Waals surface area contributed by atoms with E-state index in [4.69, 9.17) is 15.1 Å². The minimum Gasteiger partial charge on any atom is -0.307 e. The number of rotatable bonds is 3. The highest BCUT2D eigenvalue weighted by atomic mass is 32.1. The summed E-state index contributed by atoms with van der Waals surface area (Å²) in [5.74, 6) is 1.21. The van der Waals surface area contributed by atoms with Gasteiger partial charge in [0.1, 0.15) is 0 Å². The maximum absolute atomic E-state index is 5.32. The van der Waals surface area contributed by atoms with Crippen LogP contribution in [-0.2, 0) is 5.41 Å². The first-order valence-electron chi connectivity index (χ1n) is 19.8. The number of hydrogen-bond donors (Lipinski definition) is 0. The molecule has 8 aromatic carbocycles. The second-order valence-corrected chi connectivity index (χ2v) is 17.0. The molecule has 0 saturated heterocycles. The maximum atomic E-state index is 5.32. The van der Waals surface area contributed by atoms with Crippen molar-refractivity contribution >= 4 is 80.8 Å². The first kappa shape index (κ1) is 32.0. The van der Waals surface area contributed by atoms with Crippen molar-refractivity contribution in [2.45, 2.75) is 19.3 Å². The summed E-state index contributed by atoms with van der Waals surface area (Å²) < 4.78 is 6.94. The quantitative estimate of drug-likeness (QED) is 0.180. The molecule has 0 unspecified atom stereocenters. The number of aromatic nitrogens is 5. The molecule has 0 saturated carbocycles. The van der Waals surface area contributed by atoms with E-state index in [1.165, 1.54) is 69.5 Å². The molecule has 12 aromatic rings. The first-order chi connectivity index (χ1) is 28.5. The molecule has 0 bridgehead atoms. The average molecular weight is 760 g/mol. The van der Waals surface area contributed by atoms with Crippen LogP contribution in [0.3, 0.4) is 0 Å². The summed E-state index contributed by atoms with van der Waals surface area (Å²) in [6.07, 6.45) is 0. The second-order valence-electron chi connectivity index (χ2n) is 16.0. The molecule has 4 aromatic heterocycles. The van der Waals surface area contributed by atoms with E-state index in [0.717, 1.165) is 38.9 Å². The molecular weight excluding hydrogens is 727 g/mol. The van der Waals surface area contributed by atoms with Crippen LogP contribution in [0.5, 0.6) is 0 Å². The molecule has 4 heterocycles. The molecule has 6 heteroatoms. The van der Waals surface area contributed by atoms with E-state index in [1.54, 1.807) is 0 Å². The Morgan fingerprint density at radius 1 is 0.517 bits per heavy atom. The number of hydrogen-bond acceptors (Lipinski definition) is 4. The SMILES string of the molecule is CC1(C)c2ccccc2-c2ccc(-c3nc4nc(-c5ccccc5-n5c6ccccc6c6c7ccccc7c7c8ccccc8sc7c65)nn4c4ccccc34)cc21. The predicted octanol–water partition coefficient (Wildman–Crippen LogP) is 13.5. The van der Waals surface area contributed by atoms with Crippen molar-refractivity contribution in [3.05, 3.63) is 175 Å². The average Bonchev–Trinajstić information content (AvgIpc) is 4.03. The Balaban J connectivity index is 1.07. The molecule has 13 rings (SSSR count). The summed E-state index contributed by atoms with van der Waals surface area (Å²) in [7, 11) is 0. The monoisotopic (exact) mass is 759 g/mol. The normalized spacial score (nSPS) is 13.5. The van der Waals surface area contributed by atoms with Crippen LogP contribution in [-0.4, -0.2) is 24.1 Å². The van der Waals surface area contributed by atoms with Gasteiger partial charge >= 0.3 is 0 Å². The summed E-state index contributed by atoms with van der Waals surface area (Å²) in [5, 5.41) is 13.9. The van der Waals surface area contributed by atoms with Crippen molar-refractivity contribution in [2.24, 2.45) is 0 Å². The van der Waals surface area contributed by atoms with Crippen LogP contribution in [0.2, 0.25) is 0 Å². The lowest BCUT2D eigenvalue weighted by molar-refractivity contribution is 0.660. The zero-order chi connectivity index (χ0) is 38.3. The van der Waals surface area contributed by atoms with E-state index in [9.17, 15) is 0 Å². The molecule has 272 valence electrons. The van der Waals surface area contributed by atoms with Crippen molar-refractivity contribution in [1.82, 2.24) is 24.1 Å². The molecule has 0 spiro atoms. The van der Waals surface area contributed by atoms with Crippen LogP contribution in [0.1, 0.15) is 25.0 Å². The number of benzene rings is 8.